The van der Waals surface area contributed by atoms with Gasteiger partial charge in [0.25, 0.3) is 5.22 Å². The average Bonchev–Trinajstić information content (AvgIpc) is 3.10. The van der Waals surface area contributed by atoms with Gasteiger partial charge in [0.1, 0.15) is 5.75 Å². The summed E-state index contributed by atoms with van der Waals surface area (Å²) < 4.78 is 34.3. The molecule has 1 aromatic heterocycles. The van der Waals surface area contributed by atoms with Gasteiger partial charge in [0.05, 0.1) is 5.25 Å². The van der Waals surface area contributed by atoms with Crippen molar-refractivity contribution in [1.29, 1.82) is 0 Å². The molecule has 0 aliphatic carbocycles. The average molecular weight is 390 g/mol. The monoisotopic (exact) mass is 390 g/mol. The molecular weight excluding hydrogens is 374 g/mol. The molecule has 0 N–H and O–H groups in total. The maximum absolute atomic E-state index is 12.5. The molecule has 0 saturated heterocycles. The van der Waals surface area contributed by atoms with E-state index in [1.54, 1.807) is 6.92 Å². The van der Waals surface area contributed by atoms with Crippen molar-refractivity contribution in [1.82, 2.24) is 10.2 Å². The Morgan fingerprint density at radius 3 is 2.56 bits per heavy atom. The molecule has 3 rings (SSSR count). The van der Waals surface area contributed by atoms with Crippen LogP contribution in [-0.2, 0) is 0 Å². The summed E-state index contributed by atoms with van der Waals surface area (Å²) >= 11 is 1.14. The minimum atomic E-state index is -2.90. The first-order valence-corrected chi connectivity index (χ1v) is 8.96. The van der Waals surface area contributed by atoms with Gasteiger partial charge in [-0.05, 0) is 50.2 Å². The van der Waals surface area contributed by atoms with Gasteiger partial charge in [-0.25, -0.2) is 0 Å². The van der Waals surface area contributed by atoms with Crippen molar-refractivity contribution in [2.45, 2.75) is 30.9 Å². The number of carbonyl (C=O) groups is 1. The summed E-state index contributed by atoms with van der Waals surface area (Å²) in [5.41, 5.74) is 2.26. The second-order valence-corrected chi connectivity index (χ2v) is 7.06. The van der Waals surface area contributed by atoms with Crippen molar-refractivity contribution in [3.05, 3.63) is 59.7 Å². The van der Waals surface area contributed by atoms with E-state index in [1.807, 2.05) is 31.2 Å². The molecular formula is C19H16F2N2O3S. The molecule has 0 aliphatic heterocycles. The maximum atomic E-state index is 12.5. The van der Waals surface area contributed by atoms with Crippen LogP contribution in [0.15, 0.2) is 58.2 Å². The van der Waals surface area contributed by atoms with Crippen molar-refractivity contribution < 1.29 is 22.7 Å². The number of hydrogen-bond donors (Lipinski definition) is 0. The predicted molar refractivity (Wildman–Crippen MR) is 97.2 cm³/mol. The lowest BCUT2D eigenvalue weighted by atomic mass is 10.1. The van der Waals surface area contributed by atoms with E-state index >= 15 is 0 Å². The molecule has 140 valence electrons. The first-order valence-electron chi connectivity index (χ1n) is 8.08. The molecule has 3 aromatic rings. The van der Waals surface area contributed by atoms with Crippen LogP contribution in [0.4, 0.5) is 8.78 Å². The van der Waals surface area contributed by atoms with E-state index in [4.69, 9.17) is 4.42 Å². The molecule has 1 atom stereocenters. The SMILES string of the molecule is Cc1cccc(-c2nnc(S[C@@H](C)C(=O)c3ccc(OC(F)F)cc3)o2)c1. The zero-order valence-electron chi connectivity index (χ0n) is 14.6. The molecule has 8 heteroatoms. The summed E-state index contributed by atoms with van der Waals surface area (Å²) in [6, 6.07) is 13.2. The number of Topliss-reactive ketones (excluding diaryl/α,β-unsaturated/α-hetero) is 1. The van der Waals surface area contributed by atoms with E-state index < -0.39 is 11.9 Å². The highest BCUT2D eigenvalue weighted by Gasteiger charge is 2.20. The molecule has 0 saturated carbocycles. The van der Waals surface area contributed by atoms with Gasteiger partial charge in [0.2, 0.25) is 5.89 Å². The molecule has 5 nitrogen and oxygen atoms in total. The second kappa shape index (κ2) is 8.30. The van der Waals surface area contributed by atoms with Gasteiger partial charge < -0.3 is 9.15 Å². The van der Waals surface area contributed by atoms with Gasteiger partial charge in [-0.3, -0.25) is 4.79 Å². The van der Waals surface area contributed by atoms with E-state index in [-0.39, 0.29) is 16.8 Å². The molecule has 0 unspecified atom stereocenters. The fourth-order valence-electron chi connectivity index (χ4n) is 2.39. The highest BCUT2D eigenvalue weighted by Crippen LogP contribution is 2.28. The number of ketones is 1. The molecule has 1 heterocycles. The smallest absolute Gasteiger partial charge is 0.387 e. The highest BCUT2D eigenvalue weighted by atomic mass is 32.2. The second-order valence-electron chi connectivity index (χ2n) is 5.77. The van der Waals surface area contributed by atoms with Gasteiger partial charge in [0.15, 0.2) is 5.78 Å². The number of aromatic nitrogens is 2. The molecule has 0 fully saturated rings. The van der Waals surface area contributed by atoms with E-state index in [0.717, 1.165) is 22.9 Å². The minimum Gasteiger partial charge on any atom is -0.435 e. The van der Waals surface area contributed by atoms with Crippen LogP contribution in [0.2, 0.25) is 0 Å². The Bertz CT molecular complexity index is 929. The fourth-order valence-corrected chi connectivity index (χ4v) is 3.15. The van der Waals surface area contributed by atoms with Crippen LogP contribution in [0.5, 0.6) is 5.75 Å². The highest BCUT2D eigenvalue weighted by molar-refractivity contribution is 8.00. The Labute approximate surface area is 158 Å². The maximum Gasteiger partial charge on any atom is 0.387 e. The van der Waals surface area contributed by atoms with Crippen molar-refractivity contribution in [3.8, 4) is 17.2 Å². The lowest BCUT2D eigenvalue weighted by molar-refractivity contribution is -0.0498. The van der Waals surface area contributed by atoms with Crippen LogP contribution in [0, 0.1) is 6.92 Å². The van der Waals surface area contributed by atoms with Crippen molar-refractivity contribution in [2.24, 2.45) is 0 Å². The summed E-state index contributed by atoms with van der Waals surface area (Å²) in [4.78, 5) is 12.5. The standard InChI is InChI=1S/C19H16F2N2O3S/c1-11-4-3-5-14(10-11)17-22-23-19(26-17)27-12(2)16(24)13-6-8-15(9-7-13)25-18(20)21/h3-10,12,18H,1-2H3/t12-/m0/s1. The molecule has 0 radical (unpaired) electrons. The van der Waals surface area contributed by atoms with Gasteiger partial charge >= 0.3 is 6.61 Å². The topological polar surface area (TPSA) is 65.2 Å². The van der Waals surface area contributed by atoms with Gasteiger partial charge in [-0.15, -0.1) is 10.2 Å². The predicted octanol–water partition coefficient (Wildman–Crippen LogP) is 5.01. The molecule has 27 heavy (non-hydrogen) atoms. The van der Waals surface area contributed by atoms with Gasteiger partial charge in [-0.1, -0.05) is 29.5 Å². The fraction of sp³-hybridized carbons (Fsp3) is 0.211. The number of carbonyl (C=O) groups excluding carboxylic acids is 1. The Morgan fingerprint density at radius 1 is 1.15 bits per heavy atom. The first-order chi connectivity index (χ1) is 12.9. The molecule has 0 aliphatic rings. The third-order valence-corrected chi connectivity index (χ3v) is 4.62. The van der Waals surface area contributed by atoms with Gasteiger partial charge in [-0.2, -0.15) is 8.78 Å². The number of nitrogens with zero attached hydrogens (tertiary/aromatic N) is 2. The van der Waals surface area contributed by atoms with E-state index in [1.165, 1.54) is 24.3 Å². The number of hydrogen-bond acceptors (Lipinski definition) is 6. The van der Waals surface area contributed by atoms with Crippen LogP contribution in [0.1, 0.15) is 22.8 Å². The lowest BCUT2D eigenvalue weighted by Gasteiger charge is -2.09. The first kappa shape index (κ1) is 19.0. The quantitative estimate of drug-likeness (QED) is 0.417. The van der Waals surface area contributed by atoms with Crippen LogP contribution in [0.25, 0.3) is 11.5 Å². The summed E-state index contributed by atoms with van der Waals surface area (Å²) in [6.07, 6.45) is 0. The van der Waals surface area contributed by atoms with Crippen LogP contribution in [0.3, 0.4) is 0 Å². The Balaban J connectivity index is 1.66. The number of benzene rings is 2. The molecule has 0 spiro atoms. The summed E-state index contributed by atoms with van der Waals surface area (Å²) in [5, 5.41) is 7.79. The lowest BCUT2D eigenvalue weighted by Crippen LogP contribution is -2.13. The number of alkyl halides is 2. The normalized spacial score (nSPS) is 12.2. The molecule has 2 aromatic carbocycles. The summed E-state index contributed by atoms with van der Waals surface area (Å²) in [6.45, 7) is 0.780. The zero-order chi connectivity index (χ0) is 19.4. The largest absolute Gasteiger partial charge is 0.435 e. The summed E-state index contributed by atoms with van der Waals surface area (Å²) in [7, 11) is 0. The number of thioether (sulfide) groups is 1. The van der Waals surface area contributed by atoms with E-state index in [2.05, 4.69) is 14.9 Å². The number of halogens is 2. The van der Waals surface area contributed by atoms with Crippen molar-refractivity contribution >= 4 is 17.5 Å². The number of rotatable bonds is 7. The van der Waals surface area contributed by atoms with Crippen LogP contribution >= 0.6 is 11.8 Å². The number of aryl methyl sites for hydroxylation is 1. The van der Waals surface area contributed by atoms with Crippen molar-refractivity contribution in [3.63, 3.8) is 0 Å². The van der Waals surface area contributed by atoms with Gasteiger partial charge in [0, 0.05) is 11.1 Å². The molecule has 0 amide bonds. The van der Waals surface area contributed by atoms with Crippen LogP contribution in [-0.4, -0.2) is 27.8 Å². The van der Waals surface area contributed by atoms with E-state index in [0.29, 0.717) is 11.5 Å². The summed E-state index contributed by atoms with van der Waals surface area (Å²) in [5.74, 6) is 0.204. The van der Waals surface area contributed by atoms with E-state index in [9.17, 15) is 13.6 Å². The Morgan fingerprint density at radius 2 is 1.89 bits per heavy atom. The third kappa shape index (κ3) is 4.91. The molecule has 0 bridgehead atoms. The number of ether oxygens (including phenoxy) is 1. The zero-order valence-corrected chi connectivity index (χ0v) is 15.4. The van der Waals surface area contributed by atoms with Crippen molar-refractivity contribution in [2.75, 3.05) is 0 Å². The minimum absolute atomic E-state index is 0.00144. The van der Waals surface area contributed by atoms with Crippen LogP contribution < -0.4 is 4.74 Å². The third-order valence-electron chi connectivity index (χ3n) is 3.68. The Hall–Kier alpha value is -2.74. The Kier molecular flexibility index (Phi) is 5.85.